The molecule has 1 atom stereocenters. The minimum atomic E-state index is -0.0653. The standard InChI is InChI=1S/C16H25NO2S/c1-3-19-14(18)11-16(7-4-5-8-16)10-13(17)15-12(2)6-9-20-15/h6,9,13H,3-5,7-8,10-11,17H2,1-2H3. The first kappa shape index (κ1) is 15.5. The average Bonchev–Trinajstić information content (AvgIpc) is 2.99. The van der Waals surface area contributed by atoms with Crippen LogP contribution in [0.2, 0.25) is 0 Å². The van der Waals surface area contributed by atoms with E-state index in [0.717, 1.165) is 19.3 Å². The Bertz CT molecular complexity index is 449. The van der Waals surface area contributed by atoms with Crippen LogP contribution in [0.25, 0.3) is 0 Å². The van der Waals surface area contributed by atoms with Crippen molar-refractivity contribution in [3.05, 3.63) is 21.9 Å². The lowest BCUT2D eigenvalue weighted by atomic mass is 9.77. The number of rotatable bonds is 6. The van der Waals surface area contributed by atoms with Crippen LogP contribution in [0.3, 0.4) is 0 Å². The van der Waals surface area contributed by atoms with E-state index in [-0.39, 0.29) is 17.4 Å². The Morgan fingerprint density at radius 2 is 2.20 bits per heavy atom. The van der Waals surface area contributed by atoms with Crippen molar-refractivity contribution >= 4 is 17.3 Å². The summed E-state index contributed by atoms with van der Waals surface area (Å²) in [5, 5.41) is 2.09. The smallest absolute Gasteiger partial charge is 0.306 e. The lowest BCUT2D eigenvalue weighted by Gasteiger charge is -2.30. The summed E-state index contributed by atoms with van der Waals surface area (Å²) in [5.74, 6) is -0.0653. The first-order valence-electron chi connectivity index (χ1n) is 7.51. The number of nitrogens with two attached hydrogens (primary N) is 1. The Labute approximate surface area is 125 Å². The van der Waals surface area contributed by atoms with Crippen LogP contribution in [0.1, 0.15) is 61.9 Å². The lowest BCUT2D eigenvalue weighted by molar-refractivity contribution is -0.146. The molecule has 1 heterocycles. The van der Waals surface area contributed by atoms with E-state index in [9.17, 15) is 4.79 Å². The van der Waals surface area contributed by atoms with Crippen molar-refractivity contribution in [1.82, 2.24) is 0 Å². The van der Waals surface area contributed by atoms with E-state index in [1.807, 2.05) is 6.92 Å². The van der Waals surface area contributed by atoms with Gasteiger partial charge in [-0.2, -0.15) is 0 Å². The van der Waals surface area contributed by atoms with Crippen LogP contribution in [-0.2, 0) is 9.53 Å². The van der Waals surface area contributed by atoms with Crippen LogP contribution in [0, 0.1) is 12.3 Å². The molecule has 4 heteroatoms. The number of aryl methyl sites for hydroxylation is 1. The normalized spacial score (nSPS) is 18.9. The molecule has 1 aliphatic rings. The molecule has 1 fully saturated rings. The molecule has 20 heavy (non-hydrogen) atoms. The number of thiophene rings is 1. The van der Waals surface area contributed by atoms with Gasteiger partial charge in [-0.05, 0) is 55.5 Å². The Hall–Kier alpha value is -0.870. The number of esters is 1. The number of carbonyl (C=O) groups excluding carboxylic acids is 1. The molecule has 112 valence electrons. The SMILES string of the molecule is CCOC(=O)CC1(CC(N)c2sccc2C)CCCC1. The zero-order chi connectivity index (χ0) is 14.6. The van der Waals surface area contributed by atoms with E-state index >= 15 is 0 Å². The van der Waals surface area contributed by atoms with Crippen molar-refractivity contribution in [3.63, 3.8) is 0 Å². The highest BCUT2D eigenvalue weighted by atomic mass is 32.1. The van der Waals surface area contributed by atoms with Gasteiger partial charge < -0.3 is 10.5 Å². The molecule has 1 aromatic rings. The maximum atomic E-state index is 11.9. The highest BCUT2D eigenvalue weighted by Gasteiger charge is 2.38. The average molecular weight is 295 g/mol. The summed E-state index contributed by atoms with van der Waals surface area (Å²) in [5.41, 5.74) is 7.74. The summed E-state index contributed by atoms with van der Waals surface area (Å²) in [6, 6.07) is 2.16. The molecule has 0 aliphatic heterocycles. The molecule has 1 unspecified atom stereocenters. The second-order valence-corrected chi connectivity index (χ2v) is 6.92. The summed E-state index contributed by atoms with van der Waals surface area (Å²) in [4.78, 5) is 13.1. The summed E-state index contributed by atoms with van der Waals surface area (Å²) in [6.07, 6.45) is 6.03. The van der Waals surface area contributed by atoms with Gasteiger partial charge in [-0.25, -0.2) is 0 Å². The molecule has 0 spiro atoms. The second kappa shape index (κ2) is 6.72. The zero-order valence-electron chi connectivity index (χ0n) is 12.5. The fourth-order valence-corrected chi connectivity index (χ4v) is 4.35. The van der Waals surface area contributed by atoms with Gasteiger partial charge in [-0.15, -0.1) is 11.3 Å². The fraction of sp³-hybridized carbons (Fsp3) is 0.688. The molecule has 0 aromatic carbocycles. The van der Waals surface area contributed by atoms with Crippen LogP contribution in [0.5, 0.6) is 0 Å². The molecule has 2 rings (SSSR count). The largest absolute Gasteiger partial charge is 0.466 e. The fourth-order valence-electron chi connectivity index (χ4n) is 3.42. The molecular formula is C16H25NO2S. The van der Waals surface area contributed by atoms with Crippen molar-refractivity contribution in [3.8, 4) is 0 Å². The predicted molar refractivity (Wildman–Crippen MR) is 82.8 cm³/mol. The maximum absolute atomic E-state index is 11.9. The van der Waals surface area contributed by atoms with Crippen LogP contribution in [0.15, 0.2) is 11.4 Å². The van der Waals surface area contributed by atoms with E-state index < -0.39 is 0 Å². The first-order valence-corrected chi connectivity index (χ1v) is 8.39. The van der Waals surface area contributed by atoms with Crippen molar-refractivity contribution in [2.45, 2.75) is 58.4 Å². The molecular weight excluding hydrogens is 270 g/mol. The molecule has 0 bridgehead atoms. The Balaban J connectivity index is 2.05. The minimum Gasteiger partial charge on any atom is -0.466 e. The van der Waals surface area contributed by atoms with E-state index in [1.54, 1.807) is 11.3 Å². The topological polar surface area (TPSA) is 52.3 Å². The molecule has 1 saturated carbocycles. The van der Waals surface area contributed by atoms with Crippen LogP contribution in [0.4, 0.5) is 0 Å². The van der Waals surface area contributed by atoms with E-state index in [1.165, 1.54) is 23.3 Å². The Morgan fingerprint density at radius 1 is 1.50 bits per heavy atom. The molecule has 3 nitrogen and oxygen atoms in total. The summed E-state index contributed by atoms with van der Waals surface area (Å²) < 4.78 is 5.15. The quantitative estimate of drug-likeness (QED) is 0.808. The van der Waals surface area contributed by atoms with Gasteiger partial charge in [0.15, 0.2) is 0 Å². The summed E-state index contributed by atoms with van der Waals surface area (Å²) in [7, 11) is 0. The van der Waals surface area contributed by atoms with Crippen LogP contribution in [-0.4, -0.2) is 12.6 Å². The molecule has 0 amide bonds. The monoisotopic (exact) mass is 295 g/mol. The molecule has 1 aromatic heterocycles. The van der Waals surface area contributed by atoms with Gasteiger partial charge in [0.2, 0.25) is 0 Å². The van der Waals surface area contributed by atoms with Crippen LogP contribution >= 0.6 is 11.3 Å². The van der Waals surface area contributed by atoms with Crippen LogP contribution < -0.4 is 5.73 Å². The number of hydrogen-bond acceptors (Lipinski definition) is 4. The van der Waals surface area contributed by atoms with Crippen molar-refractivity contribution in [2.24, 2.45) is 11.1 Å². The van der Waals surface area contributed by atoms with Crippen molar-refractivity contribution < 1.29 is 9.53 Å². The molecule has 1 aliphatic carbocycles. The van der Waals surface area contributed by atoms with Gasteiger partial charge in [0.1, 0.15) is 0 Å². The second-order valence-electron chi connectivity index (χ2n) is 5.97. The Morgan fingerprint density at radius 3 is 2.75 bits per heavy atom. The highest BCUT2D eigenvalue weighted by molar-refractivity contribution is 7.10. The molecule has 0 saturated heterocycles. The van der Waals surface area contributed by atoms with Crippen molar-refractivity contribution in [2.75, 3.05) is 6.61 Å². The summed E-state index contributed by atoms with van der Waals surface area (Å²) >= 11 is 1.73. The molecule has 0 radical (unpaired) electrons. The van der Waals surface area contributed by atoms with Gasteiger partial charge in [0, 0.05) is 10.9 Å². The Kier molecular flexibility index (Phi) is 5.22. The van der Waals surface area contributed by atoms with Crippen molar-refractivity contribution in [1.29, 1.82) is 0 Å². The van der Waals surface area contributed by atoms with Gasteiger partial charge in [0.05, 0.1) is 13.0 Å². The predicted octanol–water partition coefficient (Wildman–Crippen LogP) is 3.96. The van der Waals surface area contributed by atoms with E-state index in [2.05, 4.69) is 18.4 Å². The van der Waals surface area contributed by atoms with E-state index in [0.29, 0.717) is 13.0 Å². The number of ether oxygens (including phenoxy) is 1. The van der Waals surface area contributed by atoms with Gasteiger partial charge >= 0.3 is 5.97 Å². The summed E-state index contributed by atoms with van der Waals surface area (Å²) in [6.45, 7) is 4.43. The maximum Gasteiger partial charge on any atom is 0.306 e. The van der Waals surface area contributed by atoms with Gasteiger partial charge in [-0.3, -0.25) is 4.79 Å². The van der Waals surface area contributed by atoms with Gasteiger partial charge in [0.25, 0.3) is 0 Å². The highest BCUT2D eigenvalue weighted by Crippen LogP contribution is 2.47. The third-order valence-corrected chi connectivity index (χ3v) is 5.53. The third-order valence-electron chi connectivity index (χ3n) is 4.38. The zero-order valence-corrected chi connectivity index (χ0v) is 13.3. The third kappa shape index (κ3) is 3.61. The lowest BCUT2D eigenvalue weighted by Crippen LogP contribution is -2.27. The number of hydrogen-bond donors (Lipinski definition) is 1. The number of carbonyl (C=O) groups is 1. The van der Waals surface area contributed by atoms with E-state index in [4.69, 9.17) is 10.5 Å². The van der Waals surface area contributed by atoms with Gasteiger partial charge in [-0.1, -0.05) is 12.8 Å². The molecule has 2 N–H and O–H groups in total. The minimum absolute atomic E-state index is 0.0440. The first-order chi connectivity index (χ1) is 9.56.